The number of nitrogens with one attached hydrogen (secondary N) is 2. The molecular weight excluding hydrogens is 690 g/mol. The van der Waals surface area contributed by atoms with Crippen molar-refractivity contribution in [2.75, 3.05) is 19.7 Å². The molecule has 1 saturated heterocycles. The summed E-state index contributed by atoms with van der Waals surface area (Å²) in [4.78, 5) is 49.1. The topological polar surface area (TPSA) is 140 Å². The number of amides is 2. The Bertz CT molecular complexity index is 1740. The number of ketones is 1. The average Bonchev–Trinajstić information content (AvgIpc) is 4.01. The first-order valence-electron chi connectivity index (χ1n) is 17.6. The SMILES string of the molecule is C=C/C(=N\C(=C)NCCCC1CN(C(=O)OC(C)(C)C)C(C)(C)C1)SNC(=O)c1ccc(-n2ccc(OCC(=O)C3C4(CC4)C34CC4)n2)nc1Cl. The van der Waals surface area contributed by atoms with Crippen molar-refractivity contribution in [2.45, 2.75) is 90.7 Å². The van der Waals surface area contributed by atoms with Crippen molar-refractivity contribution >= 4 is 46.4 Å². The predicted molar refractivity (Wildman–Crippen MR) is 198 cm³/mol. The molecule has 3 saturated carbocycles. The van der Waals surface area contributed by atoms with Crippen molar-refractivity contribution in [1.29, 1.82) is 0 Å². The van der Waals surface area contributed by atoms with E-state index < -0.39 is 11.5 Å². The molecule has 14 heteroatoms. The Kier molecular flexibility index (Phi) is 10.1. The smallest absolute Gasteiger partial charge is 0.410 e. The molecule has 274 valence electrons. The number of hydrogen-bond donors (Lipinski definition) is 2. The minimum absolute atomic E-state index is 0.0000222. The highest BCUT2D eigenvalue weighted by Crippen LogP contribution is 2.92. The van der Waals surface area contributed by atoms with Crippen LogP contribution >= 0.6 is 23.5 Å². The number of carbonyl (C=O) groups is 3. The Balaban J connectivity index is 0.920. The molecule has 0 aromatic carbocycles. The zero-order chi connectivity index (χ0) is 36.8. The molecular formula is C37H48ClN7O5S. The van der Waals surface area contributed by atoms with E-state index in [1.165, 1.54) is 36.4 Å². The molecule has 4 aliphatic rings. The van der Waals surface area contributed by atoms with Crippen LogP contribution in [0.5, 0.6) is 5.88 Å². The van der Waals surface area contributed by atoms with Gasteiger partial charge in [0.05, 0.1) is 5.56 Å². The summed E-state index contributed by atoms with van der Waals surface area (Å²) in [6, 6.07) is 4.86. The Labute approximate surface area is 309 Å². The van der Waals surface area contributed by atoms with Gasteiger partial charge < -0.3 is 19.7 Å². The number of halogens is 1. The third kappa shape index (κ3) is 7.99. The van der Waals surface area contributed by atoms with E-state index in [2.05, 4.69) is 52.1 Å². The van der Waals surface area contributed by atoms with Gasteiger partial charge in [0.1, 0.15) is 28.2 Å². The van der Waals surface area contributed by atoms with E-state index in [-0.39, 0.29) is 40.7 Å². The Morgan fingerprint density at radius 3 is 2.49 bits per heavy atom. The zero-order valence-corrected chi connectivity index (χ0v) is 31.7. The summed E-state index contributed by atoms with van der Waals surface area (Å²) in [5.41, 5.74) is -0.00466. The van der Waals surface area contributed by atoms with Crippen LogP contribution in [-0.4, -0.2) is 73.3 Å². The van der Waals surface area contributed by atoms with E-state index in [4.69, 9.17) is 21.1 Å². The maximum atomic E-state index is 13.0. The summed E-state index contributed by atoms with van der Waals surface area (Å²) >= 11 is 7.40. The van der Waals surface area contributed by atoms with Gasteiger partial charge in [0.15, 0.2) is 11.6 Å². The molecule has 51 heavy (non-hydrogen) atoms. The standard InChI is InChI=1S/C37H48ClN7O5S/c1-8-29(40-23(2)39-18-9-10-24-20-35(6,7)44(21-24)33(48)50-34(3,4)5)51-43-32(47)25-11-12-27(41-31(25)38)45-19-13-28(42-45)49-22-26(46)30-36(14-15-36)37(30)16-17-37/h8,11-13,19,24,30,39H,1-2,9-10,14-18,20-22H2,3-7H3,(H,43,47)/b40-29+. The van der Waals surface area contributed by atoms with Crippen molar-refractivity contribution in [3.05, 3.63) is 60.2 Å². The summed E-state index contributed by atoms with van der Waals surface area (Å²) in [7, 11) is 0. The fourth-order valence-electron chi connectivity index (χ4n) is 7.94. The van der Waals surface area contributed by atoms with Gasteiger partial charge in [-0.2, -0.15) is 0 Å². The number of fused-ring (bicyclic) bond motifs is 1. The van der Waals surface area contributed by atoms with Gasteiger partial charge in [0, 0.05) is 48.8 Å². The van der Waals surface area contributed by atoms with Crippen LogP contribution < -0.4 is 14.8 Å². The highest BCUT2D eigenvalue weighted by molar-refractivity contribution is 8.13. The molecule has 6 rings (SSSR count). The second kappa shape index (κ2) is 13.9. The lowest BCUT2D eigenvalue weighted by Gasteiger charge is -2.33. The number of nitrogens with zero attached hydrogens (tertiary/aromatic N) is 5. The molecule has 1 atom stereocenters. The summed E-state index contributed by atoms with van der Waals surface area (Å²) in [6.07, 6.45) is 10.4. The number of pyridine rings is 1. The minimum Gasteiger partial charge on any atom is -0.469 e. The van der Waals surface area contributed by atoms with Crippen LogP contribution in [0.2, 0.25) is 5.15 Å². The molecule has 1 aliphatic heterocycles. The number of likely N-dealkylation sites (tertiary alicyclic amines) is 1. The zero-order valence-electron chi connectivity index (χ0n) is 30.1. The first kappa shape index (κ1) is 36.9. The fraction of sp³-hybridized carbons (Fsp3) is 0.568. The average molecular weight is 738 g/mol. The van der Waals surface area contributed by atoms with Gasteiger partial charge in [-0.3, -0.25) is 14.3 Å². The van der Waals surface area contributed by atoms with Crippen molar-refractivity contribution in [1.82, 2.24) is 29.7 Å². The third-order valence-corrected chi connectivity index (χ3v) is 11.6. The van der Waals surface area contributed by atoms with E-state index in [0.717, 1.165) is 31.2 Å². The van der Waals surface area contributed by atoms with Crippen LogP contribution in [0.3, 0.4) is 0 Å². The molecule has 0 radical (unpaired) electrons. The lowest BCUT2D eigenvalue weighted by Crippen LogP contribution is -2.45. The molecule has 2 amide bonds. The second-order valence-corrected chi connectivity index (χ2v) is 17.0. The number of Topliss-reactive ketones (excluding diaryl/α,β-unsaturated/α-hetero) is 1. The molecule has 2 aromatic heterocycles. The number of hydrogen-bond acceptors (Lipinski definition) is 10. The van der Waals surface area contributed by atoms with Crippen LogP contribution in [0.25, 0.3) is 5.82 Å². The van der Waals surface area contributed by atoms with Gasteiger partial charge in [0.25, 0.3) is 5.91 Å². The number of aliphatic imine (C=N–C) groups is 1. The highest BCUT2D eigenvalue weighted by Gasteiger charge is 2.88. The van der Waals surface area contributed by atoms with E-state index >= 15 is 0 Å². The Morgan fingerprint density at radius 1 is 1.16 bits per heavy atom. The highest BCUT2D eigenvalue weighted by atomic mass is 35.5. The van der Waals surface area contributed by atoms with E-state index in [1.54, 1.807) is 24.4 Å². The summed E-state index contributed by atoms with van der Waals surface area (Å²) in [6.45, 7) is 18.9. The first-order chi connectivity index (χ1) is 24.1. The number of carbonyl (C=O) groups excluding carboxylic acids is 3. The summed E-state index contributed by atoms with van der Waals surface area (Å²) in [5, 5.41) is 8.03. The lowest BCUT2D eigenvalue weighted by atomic mass is 9.93. The van der Waals surface area contributed by atoms with Crippen LogP contribution in [0.15, 0.2) is 54.4 Å². The van der Waals surface area contributed by atoms with Gasteiger partial charge in [-0.15, -0.1) is 5.10 Å². The number of ether oxygens (including phenoxy) is 2. The number of aromatic nitrogens is 3. The van der Waals surface area contributed by atoms with Gasteiger partial charge in [-0.25, -0.2) is 19.5 Å². The molecule has 4 fully saturated rings. The molecule has 2 N–H and O–H groups in total. The first-order valence-corrected chi connectivity index (χ1v) is 18.8. The molecule has 3 aliphatic carbocycles. The molecule has 1 unspecified atom stereocenters. The Hall–Kier alpha value is -3.84. The van der Waals surface area contributed by atoms with Crippen LogP contribution in [-0.2, 0) is 9.53 Å². The van der Waals surface area contributed by atoms with Crippen molar-refractivity contribution in [3.63, 3.8) is 0 Å². The third-order valence-electron chi connectivity index (χ3n) is 10.5. The maximum Gasteiger partial charge on any atom is 0.410 e. The largest absolute Gasteiger partial charge is 0.469 e. The molecule has 2 spiro atoms. The quantitative estimate of drug-likeness (QED) is 0.0739. The van der Waals surface area contributed by atoms with Crippen LogP contribution in [0.4, 0.5) is 4.79 Å². The lowest BCUT2D eigenvalue weighted by molar-refractivity contribution is -0.123. The molecule has 12 nitrogen and oxygen atoms in total. The monoisotopic (exact) mass is 737 g/mol. The van der Waals surface area contributed by atoms with E-state index in [0.29, 0.717) is 52.4 Å². The second-order valence-electron chi connectivity index (χ2n) is 15.8. The summed E-state index contributed by atoms with van der Waals surface area (Å²) in [5.74, 6) is 1.43. The molecule has 0 bridgehead atoms. The van der Waals surface area contributed by atoms with Crippen molar-refractivity contribution < 1.29 is 23.9 Å². The van der Waals surface area contributed by atoms with Crippen LogP contribution in [0.1, 0.15) is 89.9 Å². The molecule has 3 heterocycles. The van der Waals surface area contributed by atoms with Crippen molar-refractivity contribution in [2.24, 2.45) is 27.7 Å². The van der Waals surface area contributed by atoms with E-state index in [9.17, 15) is 14.4 Å². The van der Waals surface area contributed by atoms with Gasteiger partial charge in [-0.1, -0.05) is 24.8 Å². The fourth-order valence-corrected chi connectivity index (χ4v) is 8.72. The van der Waals surface area contributed by atoms with E-state index in [1.807, 2.05) is 25.7 Å². The minimum atomic E-state index is -0.529. The normalized spacial score (nSPS) is 20.9. The van der Waals surface area contributed by atoms with Gasteiger partial charge in [-0.05, 0) is 115 Å². The summed E-state index contributed by atoms with van der Waals surface area (Å²) < 4.78 is 15.5. The molecule has 2 aromatic rings. The maximum absolute atomic E-state index is 13.0. The van der Waals surface area contributed by atoms with Crippen molar-refractivity contribution in [3.8, 4) is 11.7 Å². The van der Waals surface area contributed by atoms with Gasteiger partial charge >= 0.3 is 6.09 Å². The van der Waals surface area contributed by atoms with Crippen LogP contribution in [0, 0.1) is 22.7 Å². The van der Waals surface area contributed by atoms with Gasteiger partial charge in [0.2, 0.25) is 5.88 Å². The predicted octanol–water partition coefficient (Wildman–Crippen LogP) is 6.90. The Morgan fingerprint density at radius 2 is 1.86 bits per heavy atom. The number of rotatable bonds is 13.